The molecule has 2 rings (SSSR count). The number of aromatic nitrogens is 1. The van der Waals surface area contributed by atoms with Crippen LogP contribution in [0.1, 0.15) is 20.9 Å². The number of hydrogen-bond donors (Lipinski definition) is 2. The molecule has 0 unspecified atom stereocenters. The highest BCUT2D eigenvalue weighted by Gasteiger charge is 2.13. The fourth-order valence-electron chi connectivity index (χ4n) is 1.16. The van der Waals surface area contributed by atoms with Crippen LogP contribution in [0.15, 0.2) is 22.7 Å². The molecule has 0 bridgehead atoms. The summed E-state index contributed by atoms with van der Waals surface area (Å²) in [5, 5.41) is 17.7. The molecule has 0 aliphatic rings. The van der Waals surface area contributed by atoms with Crippen LogP contribution in [0.3, 0.4) is 0 Å². The lowest BCUT2D eigenvalue weighted by Gasteiger charge is -1.91. The van der Waals surface area contributed by atoms with Crippen LogP contribution in [0.4, 0.5) is 0 Å². The molecule has 0 aliphatic heterocycles. The van der Waals surface area contributed by atoms with E-state index >= 15 is 0 Å². The lowest BCUT2D eigenvalue weighted by Crippen LogP contribution is -1.95. The molecular formula is C9H5NO5. The molecule has 0 amide bonds. The van der Waals surface area contributed by atoms with E-state index in [9.17, 15) is 9.59 Å². The minimum Gasteiger partial charge on any atom is -0.478 e. The number of rotatable bonds is 2. The Labute approximate surface area is 82.8 Å². The van der Waals surface area contributed by atoms with Gasteiger partial charge in [0.25, 0.3) is 0 Å². The second-order valence-electron chi connectivity index (χ2n) is 2.84. The normalized spacial score (nSPS) is 10.4. The van der Waals surface area contributed by atoms with Gasteiger partial charge < -0.3 is 14.6 Å². The monoisotopic (exact) mass is 207 g/mol. The van der Waals surface area contributed by atoms with Crippen LogP contribution in [-0.2, 0) is 0 Å². The first-order valence-electron chi connectivity index (χ1n) is 3.94. The van der Waals surface area contributed by atoms with Crippen molar-refractivity contribution in [3.8, 4) is 0 Å². The summed E-state index contributed by atoms with van der Waals surface area (Å²) >= 11 is 0. The summed E-state index contributed by atoms with van der Waals surface area (Å²) in [6.45, 7) is 0. The Morgan fingerprint density at radius 3 is 2.53 bits per heavy atom. The second-order valence-corrected chi connectivity index (χ2v) is 2.84. The molecule has 0 saturated heterocycles. The quantitative estimate of drug-likeness (QED) is 0.767. The highest BCUT2D eigenvalue weighted by molar-refractivity contribution is 5.94. The van der Waals surface area contributed by atoms with E-state index in [0.717, 1.165) is 6.20 Å². The number of carboxylic acid groups (broad SMARTS) is 2. The van der Waals surface area contributed by atoms with E-state index in [-0.39, 0.29) is 17.0 Å². The Balaban J connectivity index is 2.62. The maximum Gasteiger partial charge on any atom is 0.371 e. The Hall–Kier alpha value is -2.37. The molecule has 2 heterocycles. The van der Waals surface area contributed by atoms with Crippen molar-refractivity contribution in [2.24, 2.45) is 0 Å². The average Bonchev–Trinajstić information content (AvgIpc) is 2.59. The van der Waals surface area contributed by atoms with Crippen molar-refractivity contribution in [1.29, 1.82) is 0 Å². The minimum atomic E-state index is -1.22. The third-order valence-corrected chi connectivity index (χ3v) is 1.83. The number of carboxylic acids is 2. The molecule has 6 nitrogen and oxygen atoms in total. The van der Waals surface area contributed by atoms with Crippen LogP contribution < -0.4 is 0 Å². The van der Waals surface area contributed by atoms with Gasteiger partial charge in [0.05, 0.1) is 5.56 Å². The van der Waals surface area contributed by atoms with Gasteiger partial charge in [0.15, 0.2) is 0 Å². The van der Waals surface area contributed by atoms with E-state index in [0.29, 0.717) is 5.39 Å². The largest absolute Gasteiger partial charge is 0.478 e. The van der Waals surface area contributed by atoms with Crippen molar-refractivity contribution in [3.05, 3.63) is 29.7 Å². The Bertz CT molecular complexity index is 545. The predicted octanol–water partition coefficient (Wildman–Crippen LogP) is 1.22. The SMILES string of the molecule is O=C(O)c1cnc2oc(C(=O)O)cc2c1. The van der Waals surface area contributed by atoms with Gasteiger partial charge in [0, 0.05) is 17.6 Å². The van der Waals surface area contributed by atoms with E-state index < -0.39 is 11.9 Å². The average molecular weight is 207 g/mol. The molecule has 0 radical (unpaired) electrons. The summed E-state index contributed by atoms with van der Waals surface area (Å²) in [5.74, 6) is -2.60. The van der Waals surface area contributed by atoms with Gasteiger partial charge in [-0.25, -0.2) is 14.6 Å². The smallest absolute Gasteiger partial charge is 0.371 e. The zero-order valence-electron chi connectivity index (χ0n) is 7.30. The number of pyridine rings is 1. The Kier molecular flexibility index (Phi) is 1.89. The molecule has 0 aliphatic carbocycles. The van der Waals surface area contributed by atoms with Gasteiger partial charge in [-0.1, -0.05) is 0 Å². The van der Waals surface area contributed by atoms with Crippen molar-refractivity contribution in [1.82, 2.24) is 4.98 Å². The van der Waals surface area contributed by atoms with Crippen LogP contribution in [0.2, 0.25) is 0 Å². The second kappa shape index (κ2) is 3.09. The highest BCUT2D eigenvalue weighted by Crippen LogP contribution is 2.18. The van der Waals surface area contributed by atoms with Crippen LogP contribution >= 0.6 is 0 Å². The molecule has 0 fully saturated rings. The van der Waals surface area contributed by atoms with Crippen molar-refractivity contribution in [3.63, 3.8) is 0 Å². The number of aromatic carboxylic acids is 2. The molecule has 2 N–H and O–H groups in total. The molecule has 0 atom stereocenters. The molecule has 76 valence electrons. The molecule has 6 heteroatoms. The van der Waals surface area contributed by atoms with E-state index in [1.165, 1.54) is 12.1 Å². The lowest BCUT2D eigenvalue weighted by molar-refractivity contribution is 0.0661. The van der Waals surface area contributed by atoms with Crippen molar-refractivity contribution < 1.29 is 24.2 Å². The fraction of sp³-hybridized carbons (Fsp3) is 0. The van der Waals surface area contributed by atoms with Crippen LogP contribution in [0.25, 0.3) is 11.1 Å². The molecular weight excluding hydrogens is 202 g/mol. The topological polar surface area (TPSA) is 101 Å². The first kappa shape index (κ1) is 9.20. The fourth-order valence-corrected chi connectivity index (χ4v) is 1.16. The molecule has 2 aromatic rings. The first-order chi connectivity index (χ1) is 7.08. The first-order valence-corrected chi connectivity index (χ1v) is 3.94. The van der Waals surface area contributed by atoms with Crippen molar-refractivity contribution in [2.75, 3.05) is 0 Å². The van der Waals surface area contributed by atoms with Crippen LogP contribution in [0.5, 0.6) is 0 Å². The third kappa shape index (κ3) is 1.52. The standard InChI is InChI=1S/C9H5NO5/c11-8(12)5-1-4-2-6(9(13)14)15-7(4)10-3-5/h1-3H,(H,11,12)(H,13,14). The molecule has 15 heavy (non-hydrogen) atoms. The third-order valence-electron chi connectivity index (χ3n) is 1.83. The van der Waals surface area contributed by atoms with Gasteiger partial charge in [0.2, 0.25) is 11.5 Å². The van der Waals surface area contributed by atoms with Crippen molar-refractivity contribution >= 4 is 23.0 Å². The van der Waals surface area contributed by atoms with Gasteiger partial charge in [-0.05, 0) is 6.07 Å². The lowest BCUT2D eigenvalue weighted by atomic mass is 10.2. The Morgan fingerprint density at radius 2 is 1.93 bits per heavy atom. The zero-order chi connectivity index (χ0) is 11.0. The van der Waals surface area contributed by atoms with Crippen LogP contribution in [-0.4, -0.2) is 27.1 Å². The van der Waals surface area contributed by atoms with E-state index in [2.05, 4.69) is 4.98 Å². The molecule has 0 spiro atoms. The summed E-state index contributed by atoms with van der Waals surface area (Å²) in [6, 6.07) is 2.54. The number of furan rings is 1. The maximum atomic E-state index is 10.6. The Morgan fingerprint density at radius 1 is 1.20 bits per heavy atom. The van der Waals surface area contributed by atoms with Gasteiger partial charge in [-0.15, -0.1) is 0 Å². The van der Waals surface area contributed by atoms with Crippen LogP contribution in [0, 0.1) is 0 Å². The zero-order valence-corrected chi connectivity index (χ0v) is 7.30. The summed E-state index contributed by atoms with van der Waals surface area (Å²) < 4.78 is 4.86. The minimum absolute atomic E-state index is 0.0137. The number of nitrogens with zero attached hydrogens (tertiary/aromatic N) is 1. The summed E-state index contributed by atoms with van der Waals surface area (Å²) in [4.78, 5) is 24.8. The summed E-state index contributed by atoms with van der Waals surface area (Å²) in [5.41, 5.74) is 0.0950. The molecule has 0 saturated carbocycles. The number of hydrogen-bond acceptors (Lipinski definition) is 4. The number of carbonyl (C=O) groups is 2. The van der Waals surface area contributed by atoms with E-state index in [1.807, 2.05) is 0 Å². The van der Waals surface area contributed by atoms with Gasteiger partial charge in [0.1, 0.15) is 0 Å². The summed E-state index contributed by atoms with van der Waals surface area (Å²) in [7, 11) is 0. The van der Waals surface area contributed by atoms with Gasteiger partial charge >= 0.3 is 11.9 Å². The molecule has 2 aromatic heterocycles. The summed E-state index contributed by atoms with van der Waals surface area (Å²) in [6.07, 6.45) is 1.11. The number of fused-ring (bicyclic) bond motifs is 1. The predicted molar refractivity (Wildman–Crippen MR) is 47.9 cm³/mol. The van der Waals surface area contributed by atoms with Gasteiger partial charge in [-0.3, -0.25) is 0 Å². The van der Waals surface area contributed by atoms with Gasteiger partial charge in [-0.2, -0.15) is 0 Å². The van der Waals surface area contributed by atoms with E-state index in [4.69, 9.17) is 14.6 Å². The van der Waals surface area contributed by atoms with Crippen molar-refractivity contribution in [2.45, 2.75) is 0 Å². The van der Waals surface area contributed by atoms with E-state index in [1.54, 1.807) is 0 Å². The highest BCUT2D eigenvalue weighted by atomic mass is 16.4. The molecule has 0 aromatic carbocycles. The maximum absolute atomic E-state index is 10.6.